The zero-order chi connectivity index (χ0) is 11.5. The summed E-state index contributed by atoms with van der Waals surface area (Å²) in [6, 6.07) is -0.481. The average molecular weight is 221 g/mol. The van der Waals surface area contributed by atoms with E-state index in [4.69, 9.17) is 0 Å². The molecule has 0 bridgehead atoms. The zero-order valence-electron chi connectivity index (χ0n) is 9.21. The number of piperidine rings is 1. The lowest BCUT2D eigenvalue weighted by Crippen LogP contribution is -2.49. The fraction of sp³-hybridized carbons (Fsp3) is 0.545. The van der Waals surface area contributed by atoms with Crippen LogP contribution in [0, 0.1) is 5.92 Å². The van der Waals surface area contributed by atoms with E-state index in [1.807, 2.05) is 11.8 Å². The van der Waals surface area contributed by atoms with Crippen LogP contribution in [-0.2, 0) is 4.79 Å². The zero-order valence-corrected chi connectivity index (χ0v) is 9.21. The summed E-state index contributed by atoms with van der Waals surface area (Å²) in [7, 11) is 0. The number of aromatic nitrogens is 2. The van der Waals surface area contributed by atoms with Gasteiger partial charge in [0.25, 0.3) is 0 Å². The molecule has 5 heteroatoms. The van der Waals surface area contributed by atoms with Gasteiger partial charge in [0.2, 0.25) is 0 Å². The van der Waals surface area contributed by atoms with E-state index in [1.165, 1.54) is 0 Å². The molecule has 2 atom stereocenters. The van der Waals surface area contributed by atoms with Crippen molar-refractivity contribution in [2.24, 2.45) is 5.92 Å². The van der Waals surface area contributed by atoms with Crippen LogP contribution in [0.3, 0.4) is 0 Å². The first kappa shape index (κ1) is 10.9. The van der Waals surface area contributed by atoms with Gasteiger partial charge in [0.05, 0.1) is 6.20 Å². The molecule has 0 amide bonds. The highest BCUT2D eigenvalue weighted by atomic mass is 16.4. The average Bonchev–Trinajstić information content (AvgIpc) is 2.29. The molecule has 1 N–H and O–H groups in total. The lowest BCUT2D eigenvalue weighted by Gasteiger charge is -2.37. The SMILES string of the molecule is CC1CCCN(c2cnccn2)C1C(=O)O. The minimum atomic E-state index is -0.780. The Morgan fingerprint density at radius 2 is 2.38 bits per heavy atom. The topological polar surface area (TPSA) is 66.3 Å². The summed E-state index contributed by atoms with van der Waals surface area (Å²) in [5, 5.41) is 9.25. The number of carboxylic acid groups (broad SMARTS) is 1. The first-order valence-corrected chi connectivity index (χ1v) is 5.45. The minimum absolute atomic E-state index is 0.147. The largest absolute Gasteiger partial charge is 0.480 e. The van der Waals surface area contributed by atoms with E-state index in [0.717, 1.165) is 19.4 Å². The summed E-state index contributed by atoms with van der Waals surface area (Å²) in [5.74, 6) is 0.0209. The third-order valence-corrected chi connectivity index (χ3v) is 3.03. The molecule has 16 heavy (non-hydrogen) atoms. The van der Waals surface area contributed by atoms with Crippen LogP contribution in [0.1, 0.15) is 19.8 Å². The second-order valence-electron chi connectivity index (χ2n) is 4.16. The number of carboxylic acids is 1. The highest BCUT2D eigenvalue weighted by Gasteiger charge is 2.34. The van der Waals surface area contributed by atoms with E-state index in [1.54, 1.807) is 18.6 Å². The molecule has 5 nitrogen and oxygen atoms in total. The van der Waals surface area contributed by atoms with E-state index in [0.29, 0.717) is 5.82 Å². The summed E-state index contributed by atoms with van der Waals surface area (Å²) < 4.78 is 0. The Kier molecular flexibility index (Phi) is 3.03. The van der Waals surface area contributed by atoms with Crippen LogP contribution in [0.2, 0.25) is 0 Å². The molecule has 0 aliphatic carbocycles. The van der Waals surface area contributed by atoms with Crippen LogP contribution in [0.25, 0.3) is 0 Å². The standard InChI is InChI=1S/C11H15N3O2/c1-8-3-2-6-14(10(8)11(15)16)9-7-12-4-5-13-9/h4-5,7-8,10H,2-3,6H2,1H3,(H,15,16). The van der Waals surface area contributed by atoms with Crippen molar-refractivity contribution in [1.82, 2.24) is 9.97 Å². The fourth-order valence-corrected chi connectivity index (χ4v) is 2.26. The van der Waals surface area contributed by atoms with Crippen LogP contribution in [0.15, 0.2) is 18.6 Å². The third-order valence-electron chi connectivity index (χ3n) is 3.03. The van der Waals surface area contributed by atoms with Crippen LogP contribution >= 0.6 is 0 Å². The number of nitrogens with zero attached hydrogens (tertiary/aromatic N) is 3. The molecule has 2 unspecified atom stereocenters. The van der Waals surface area contributed by atoms with Gasteiger partial charge in [-0.3, -0.25) is 4.98 Å². The monoisotopic (exact) mass is 221 g/mol. The fourth-order valence-electron chi connectivity index (χ4n) is 2.26. The van der Waals surface area contributed by atoms with Crippen molar-refractivity contribution in [3.05, 3.63) is 18.6 Å². The highest BCUT2D eigenvalue weighted by molar-refractivity contribution is 5.78. The van der Waals surface area contributed by atoms with Crippen molar-refractivity contribution in [2.75, 3.05) is 11.4 Å². The van der Waals surface area contributed by atoms with Crippen molar-refractivity contribution in [3.63, 3.8) is 0 Å². The Hall–Kier alpha value is -1.65. The summed E-state index contributed by atoms with van der Waals surface area (Å²) in [6.07, 6.45) is 6.75. The summed E-state index contributed by atoms with van der Waals surface area (Å²) in [6.45, 7) is 2.71. The van der Waals surface area contributed by atoms with Gasteiger partial charge in [0, 0.05) is 18.9 Å². The molecule has 0 spiro atoms. The molecule has 2 rings (SSSR count). The Morgan fingerprint density at radius 3 is 3.00 bits per heavy atom. The van der Waals surface area contributed by atoms with Crippen LogP contribution in [-0.4, -0.2) is 33.6 Å². The molecular formula is C11H15N3O2. The van der Waals surface area contributed by atoms with E-state index in [9.17, 15) is 9.90 Å². The van der Waals surface area contributed by atoms with Gasteiger partial charge in [-0.15, -0.1) is 0 Å². The summed E-state index contributed by atoms with van der Waals surface area (Å²) in [4.78, 5) is 21.2. The van der Waals surface area contributed by atoms with Crippen molar-refractivity contribution < 1.29 is 9.90 Å². The van der Waals surface area contributed by atoms with Gasteiger partial charge in [-0.1, -0.05) is 6.92 Å². The number of hydrogen-bond donors (Lipinski definition) is 1. The molecule has 2 heterocycles. The Labute approximate surface area is 94.1 Å². The van der Waals surface area contributed by atoms with Gasteiger partial charge in [-0.05, 0) is 18.8 Å². The van der Waals surface area contributed by atoms with Gasteiger partial charge >= 0.3 is 5.97 Å². The van der Waals surface area contributed by atoms with Gasteiger partial charge in [-0.2, -0.15) is 0 Å². The second-order valence-corrected chi connectivity index (χ2v) is 4.16. The third kappa shape index (κ3) is 1.98. The van der Waals surface area contributed by atoms with Crippen molar-refractivity contribution in [1.29, 1.82) is 0 Å². The van der Waals surface area contributed by atoms with Crippen molar-refractivity contribution in [3.8, 4) is 0 Å². The van der Waals surface area contributed by atoms with Crippen molar-refractivity contribution >= 4 is 11.8 Å². The second kappa shape index (κ2) is 4.47. The maximum absolute atomic E-state index is 11.3. The molecule has 86 valence electrons. The lowest BCUT2D eigenvalue weighted by molar-refractivity contribution is -0.140. The van der Waals surface area contributed by atoms with E-state index in [-0.39, 0.29) is 5.92 Å². The number of carbonyl (C=O) groups is 1. The maximum Gasteiger partial charge on any atom is 0.326 e. The molecule has 1 saturated heterocycles. The van der Waals surface area contributed by atoms with Gasteiger partial charge < -0.3 is 10.0 Å². The smallest absolute Gasteiger partial charge is 0.326 e. The number of anilines is 1. The predicted molar refractivity (Wildman–Crippen MR) is 59.2 cm³/mol. The number of hydrogen-bond acceptors (Lipinski definition) is 4. The normalized spacial score (nSPS) is 25.4. The Bertz CT molecular complexity index is 369. The number of aliphatic carboxylic acids is 1. The maximum atomic E-state index is 11.3. The Morgan fingerprint density at radius 1 is 1.56 bits per heavy atom. The Balaban J connectivity index is 2.27. The summed E-state index contributed by atoms with van der Waals surface area (Å²) in [5.41, 5.74) is 0. The predicted octanol–water partition coefficient (Wildman–Crippen LogP) is 1.17. The molecule has 1 aliphatic rings. The summed E-state index contributed by atoms with van der Waals surface area (Å²) >= 11 is 0. The molecule has 0 aromatic carbocycles. The minimum Gasteiger partial charge on any atom is -0.480 e. The quantitative estimate of drug-likeness (QED) is 0.811. The highest BCUT2D eigenvalue weighted by Crippen LogP contribution is 2.26. The molecule has 0 saturated carbocycles. The van der Waals surface area contributed by atoms with E-state index < -0.39 is 12.0 Å². The van der Waals surface area contributed by atoms with Crippen LogP contribution < -0.4 is 4.90 Å². The first-order chi connectivity index (χ1) is 7.70. The van der Waals surface area contributed by atoms with E-state index >= 15 is 0 Å². The van der Waals surface area contributed by atoms with Crippen molar-refractivity contribution in [2.45, 2.75) is 25.8 Å². The molecule has 1 aliphatic heterocycles. The van der Waals surface area contributed by atoms with E-state index in [2.05, 4.69) is 9.97 Å². The molecule has 0 radical (unpaired) electrons. The van der Waals surface area contributed by atoms with Gasteiger partial charge in [0.15, 0.2) is 0 Å². The van der Waals surface area contributed by atoms with Gasteiger partial charge in [0.1, 0.15) is 11.9 Å². The molecular weight excluding hydrogens is 206 g/mol. The van der Waals surface area contributed by atoms with Crippen LogP contribution in [0.4, 0.5) is 5.82 Å². The number of rotatable bonds is 2. The van der Waals surface area contributed by atoms with Crippen LogP contribution in [0.5, 0.6) is 0 Å². The van der Waals surface area contributed by atoms with Gasteiger partial charge in [-0.25, -0.2) is 9.78 Å². The first-order valence-electron chi connectivity index (χ1n) is 5.45. The molecule has 1 aromatic heterocycles. The molecule has 1 fully saturated rings. The molecule has 1 aromatic rings. The lowest BCUT2D eigenvalue weighted by atomic mass is 9.91.